The SMILES string of the molecule is N[C@@H](C(=O)N1CCCC1c1ccncc1)c1ccccc1. The average molecular weight is 281 g/mol. The van der Waals surface area contributed by atoms with Crippen LogP contribution in [0.15, 0.2) is 54.9 Å². The van der Waals surface area contributed by atoms with Crippen LogP contribution in [0.25, 0.3) is 0 Å². The lowest BCUT2D eigenvalue weighted by molar-refractivity contribution is -0.133. The quantitative estimate of drug-likeness (QED) is 0.940. The molecule has 0 spiro atoms. The van der Waals surface area contributed by atoms with Crippen LogP contribution in [0.1, 0.15) is 36.1 Å². The average Bonchev–Trinajstić information content (AvgIpc) is 3.04. The highest BCUT2D eigenvalue weighted by Gasteiger charge is 2.32. The summed E-state index contributed by atoms with van der Waals surface area (Å²) in [6.45, 7) is 0.770. The van der Waals surface area contributed by atoms with Gasteiger partial charge in [-0.25, -0.2) is 0 Å². The number of aromatic nitrogens is 1. The molecule has 21 heavy (non-hydrogen) atoms. The first-order chi connectivity index (χ1) is 10.3. The highest BCUT2D eigenvalue weighted by atomic mass is 16.2. The van der Waals surface area contributed by atoms with E-state index in [1.807, 2.05) is 47.4 Å². The second kappa shape index (κ2) is 6.06. The molecule has 1 aliphatic rings. The molecule has 4 heteroatoms. The van der Waals surface area contributed by atoms with Gasteiger partial charge >= 0.3 is 0 Å². The third kappa shape index (κ3) is 2.81. The maximum atomic E-state index is 12.7. The summed E-state index contributed by atoms with van der Waals surface area (Å²) < 4.78 is 0. The number of hydrogen-bond donors (Lipinski definition) is 1. The van der Waals surface area contributed by atoms with Crippen LogP contribution >= 0.6 is 0 Å². The molecule has 0 aliphatic carbocycles. The molecule has 1 saturated heterocycles. The van der Waals surface area contributed by atoms with Crippen molar-refractivity contribution in [3.05, 3.63) is 66.0 Å². The van der Waals surface area contributed by atoms with Crippen LogP contribution < -0.4 is 5.73 Å². The first-order valence-corrected chi connectivity index (χ1v) is 7.28. The Hall–Kier alpha value is -2.20. The summed E-state index contributed by atoms with van der Waals surface area (Å²) in [6.07, 6.45) is 5.54. The van der Waals surface area contributed by atoms with Crippen molar-refractivity contribution in [3.63, 3.8) is 0 Å². The van der Waals surface area contributed by atoms with Gasteiger partial charge in [0, 0.05) is 18.9 Å². The van der Waals surface area contributed by atoms with Gasteiger partial charge in [0.15, 0.2) is 0 Å². The van der Waals surface area contributed by atoms with Crippen LogP contribution in [-0.2, 0) is 4.79 Å². The fourth-order valence-electron chi connectivity index (χ4n) is 2.94. The largest absolute Gasteiger partial charge is 0.334 e. The maximum absolute atomic E-state index is 12.7. The molecule has 1 amide bonds. The number of likely N-dealkylation sites (tertiary alicyclic amines) is 1. The van der Waals surface area contributed by atoms with E-state index in [0.717, 1.165) is 30.5 Å². The van der Waals surface area contributed by atoms with Gasteiger partial charge in [-0.1, -0.05) is 30.3 Å². The van der Waals surface area contributed by atoms with Crippen molar-refractivity contribution < 1.29 is 4.79 Å². The fraction of sp³-hybridized carbons (Fsp3) is 0.294. The Morgan fingerprint density at radius 2 is 1.90 bits per heavy atom. The van der Waals surface area contributed by atoms with Gasteiger partial charge in [0.1, 0.15) is 6.04 Å². The summed E-state index contributed by atoms with van der Waals surface area (Å²) >= 11 is 0. The van der Waals surface area contributed by atoms with Gasteiger partial charge in [-0.05, 0) is 36.1 Å². The van der Waals surface area contributed by atoms with Crippen molar-refractivity contribution in [2.45, 2.75) is 24.9 Å². The number of benzene rings is 1. The number of carbonyl (C=O) groups excluding carboxylic acids is 1. The molecule has 2 aromatic rings. The monoisotopic (exact) mass is 281 g/mol. The van der Waals surface area contributed by atoms with Crippen molar-refractivity contribution >= 4 is 5.91 Å². The van der Waals surface area contributed by atoms with Crippen molar-refractivity contribution in [1.29, 1.82) is 0 Å². The van der Waals surface area contributed by atoms with Crippen molar-refractivity contribution in [3.8, 4) is 0 Å². The van der Waals surface area contributed by atoms with Crippen molar-refractivity contribution in [2.75, 3.05) is 6.54 Å². The van der Waals surface area contributed by atoms with Gasteiger partial charge in [-0.3, -0.25) is 9.78 Å². The lowest BCUT2D eigenvalue weighted by atomic mass is 10.0. The fourth-order valence-corrected chi connectivity index (χ4v) is 2.94. The second-order valence-corrected chi connectivity index (χ2v) is 5.36. The summed E-state index contributed by atoms with van der Waals surface area (Å²) in [5, 5.41) is 0. The highest BCUT2D eigenvalue weighted by molar-refractivity contribution is 5.83. The van der Waals surface area contributed by atoms with Crippen LogP contribution in [0.3, 0.4) is 0 Å². The molecule has 1 fully saturated rings. The molecular formula is C17H19N3O. The number of pyridine rings is 1. The van der Waals surface area contributed by atoms with E-state index in [9.17, 15) is 4.79 Å². The second-order valence-electron chi connectivity index (χ2n) is 5.36. The molecule has 0 saturated carbocycles. The van der Waals surface area contributed by atoms with Crippen molar-refractivity contribution in [1.82, 2.24) is 9.88 Å². The van der Waals surface area contributed by atoms with E-state index < -0.39 is 6.04 Å². The van der Waals surface area contributed by atoms with Gasteiger partial charge in [-0.2, -0.15) is 0 Å². The summed E-state index contributed by atoms with van der Waals surface area (Å²) in [5.41, 5.74) is 8.15. The number of amides is 1. The predicted molar refractivity (Wildman–Crippen MR) is 81.3 cm³/mol. The van der Waals surface area contributed by atoms with Gasteiger partial charge in [-0.15, -0.1) is 0 Å². The predicted octanol–water partition coefficient (Wildman–Crippen LogP) is 2.45. The number of rotatable bonds is 3. The molecule has 1 aromatic carbocycles. The molecule has 1 unspecified atom stereocenters. The van der Waals surface area contributed by atoms with Gasteiger partial charge in [0.25, 0.3) is 0 Å². The van der Waals surface area contributed by atoms with Gasteiger partial charge in [0.05, 0.1) is 6.04 Å². The minimum atomic E-state index is -0.589. The van der Waals surface area contributed by atoms with E-state index in [1.54, 1.807) is 12.4 Å². The van der Waals surface area contributed by atoms with Crippen LogP contribution in [0.4, 0.5) is 0 Å². The molecule has 2 N–H and O–H groups in total. The van der Waals surface area contributed by atoms with Crippen LogP contribution in [-0.4, -0.2) is 22.3 Å². The molecule has 2 heterocycles. The number of nitrogens with two attached hydrogens (primary N) is 1. The Labute approximate surface area is 124 Å². The minimum Gasteiger partial charge on any atom is -0.334 e. The molecule has 1 aliphatic heterocycles. The standard InChI is InChI=1S/C17H19N3O/c18-16(14-5-2-1-3-6-14)17(21)20-12-4-7-15(20)13-8-10-19-11-9-13/h1-3,5-6,8-11,15-16H,4,7,12,18H2/t15?,16-/m1/s1. The van der Waals surface area contributed by atoms with E-state index in [2.05, 4.69) is 4.98 Å². The first kappa shape index (κ1) is 13.8. The Balaban J connectivity index is 1.81. The van der Waals surface area contributed by atoms with E-state index >= 15 is 0 Å². The summed E-state index contributed by atoms with van der Waals surface area (Å²) in [4.78, 5) is 18.7. The van der Waals surface area contributed by atoms with Crippen LogP contribution in [0.2, 0.25) is 0 Å². The number of hydrogen-bond acceptors (Lipinski definition) is 3. The van der Waals surface area contributed by atoms with E-state index in [-0.39, 0.29) is 11.9 Å². The normalized spacial score (nSPS) is 19.5. The van der Waals surface area contributed by atoms with E-state index in [4.69, 9.17) is 5.73 Å². The third-order valence-corrected chi connectivity index (χ3v) is 4.05. The third-order valence-electron chi connectivity index (χ3n) is 4.05. The van der Waals surface area contributed by atoms with Gasteiger partial charge in [0.2, 0.25) is 5.91 Å². The number of nitrogens with zero attached hydrogens (tertiary/aromatic N) is 2. The smallest absolute Gasteiger partial charge is 0.244 e. The molecule has 4 nitrogen and oxygen atoms in total. The van der Waals surface area contributed by atoms with Crippen molar-refractivity contribution in [2.24, 2.45) is 5.73 Å². The summed E-state index contributed by atoms with van der Waals surface area (Å²) in [7, 11) is 0. The zero-order valence-electron chi connectivity index (χ0n) is 11.9. The molecule has 0 radical (unpaired) electrons. The molecule has 1 aromatic heterocycles. The summed E-state index contributed by atoms with van der Waals surface area (Å²) in [6, 6.07) is 13.0. The highest BCUT2D eigenvalue weighted by Crippen LogP contribution is 2.33. The van der Waals surface area contributed by atoms with E-state index in [1.165, 1.54) is 0 Å². The molecule has 108 valence electrons. The van der Waals surface area contributed by atoms with Crippen LogP contribution in [0.5, 0.6) is 0 Å². The Bertz CT molecular complexity index is 600. The zero-order chi connectivity index (χ0) is 14.7. The number of carbonyl (C=O) groups is 1. The first-order valence-electron chi connectivity index (χ1n) is 7.28. The zero-order valence-corrected chi connectivity index (χ0v) is 11.9. The maximum Gasteiger partial charge on any atom is 0.244 e. The lowest BCUT2D eigenvalue weighted by Crippen LogP contribution is -2.38. The van der Waals surface area contributed by atoms with E-state index in [0.29, 0.717) is 0 Å². The molecular weight excluding hydrogens is 262 g/mol. The minimum absolute atomic E-state index is 0.000474. The molecule has 2 atom stereocenters. The molecule has 0 bridgehead atoms. The Morgan fingerprint density at radius 1 is 1.19 bits per heavy atom. The Kier molecular flexibility index (Phi) is 3.97. The molecule has 3 rings (SSSR count). The lowest BCUT2D eigenvalue weighted by Gasteiger charge is -2.27. The van der Waals surface area contributed by atoms with Crippen LogP contribution in [0, 0.1) is 0 Å². The van der Waals surface area contributed by atoms with Gasteiger partial charge < -0.3 is 10.6 Å². The summed E-state index contributed by atoms with van der Waals surface area (Å²) in [5.74, 6) is 0.000474. The Morgan fingerprint density at radius 3 is 2.62 bits per heavy atom. The topological polar surface area (TPSA) is 59.2 Å².